The molecule has 0 aromatic rings. The van der Waals surface area contributed by atoms with E-state index in [2.05, 4.69) is 13.8 Å². The molecule has 3 N–H and O–H groups in total. The quantitative estimate of drug-likeness (QED) is 0.0936. The van der Waals surface area contributed by atoms with Crippen molar-refractivity contribution in [2.75, 3.05) is 0 Å². The number of carbonyl (C=O) groups is 2. The van der Waals surface area contributed by atoms with Gasteiger partial charge >= 0.3 is 63.3 Å². The first-order valence-corrected chi connectivity index (χ1v) is 14.0. The van der Waals surface area contributed by atoms with E-state index in [-0.39, 0.29) is 70.6 Å². The number of carboxylic acid groups (broad SMARTS) is 2. The molecule has 7 nitrogen and oxygen atoms in total. The van der Waals surface area contributed by atoms with Crippen LogP contribution in [0.3, 0.4) is 0 Å². The van der Waals surface area contributed by atoms with Crippen LogP contribution in [0.15, 0.2) is 0 Å². The van der Waals surface area contributed by atoms with Gasteiger partial charge in [-0.25, -0.2) is 0 Å². The van der Waals surface area contributed by atoms with Crippen molar-refractivity contribution in [3.05, 3.63) is 0 Å². The van der Waals surface area contributed by atoms with Gasteiger partial charge in [-0.05, 0) is 12.8 Å². The predicted octanol–water partition coefficient (Wildman–Crippen LogP) is 5.81. The molecule has 2 unspecified atom stereocenters. The fourth-order valence-electron chi connectivity index (χ4n) is 4.41. The molecule has 192 valence electrons. The molecule has 0 rings (SSSR count). The molecule has 0 radical (unpaired) electrons. The Morgan fingerprint density at radius 1 is 0.697 bits per heavy atom. The molecule has 0 aliphatic heterocycles. The van der Waals surface area contributed by atoms with Crippen LogP contribution in [0.4, 0.5) is 0 Å². The monoisotopic (exact) mass is 518 g/mol. The molecule has 0 aromatic carbocycles. The van der Waals surface area contributed by atoms with Crippen molar-refractivity contribution in [3.63, 3.8) is 0 Å². The fourth-order valence-corrected chi connectivity index (χ4v) is 5.61. The minimum atomic E-state index is -5.11. The molecule has 0 bridgehead atoms. The zero-order valence-corrected chi connectivity index (χ0v) is 21.0. The molecular weight excluding hydrogens is 471 g/mol. The summed E-state index contributed by atoms with van der Waals surface area (Å²) in [6.45, 7) is 4.27. The first-order valence-electron chi connectivity index (χ1n) is 12.6. The van der Waals surface area contributed by atoms with Gasteiger partial charge in [0.05, 0.1) is 5.92 Å². The first kappa shape index (κ1) is 35.6. The van der Waals surface area contributed by atoms with Crippen molar-refractivity contribution < 1.29 is 32.8 Å². The molecule has 0 saturated heterocycles. The van der Waals surface area contributed by atoms with Gasteiger partial charge in [0, 0.05) is 0 Å². The third-order valence-electron chi connectivity index (χ3n) is 6.43. The molecular formula is C24H47KO7S. The van der Waals surface area contributed by atoms with E-state index in [9.17, 15) is 32.8 Å². The van der Waals surface area contributed by atoms with E-state index < -0.39 is 32.7 Å². The van der Waals surface area contributed by atoms with Gasteiger partial charge in [0.25, 0.3) is 10.1 Å². The second-order valence-corrected chi connectivity index (χ2v) is 10.7. The standard InChI is InChI=1S/C24H46O7S.K.H/c1-3-5-7-9-11-13-15-17-19-21(22(25)26)24(23(27)28,32(29,30)31)20-18-16-14-12-10-8-6-4-2;;/h21H,3-20H2,1-2H3,(H,25,26)(H,27,28)(H,29,30,31);;. The maximum atomic E-state index is 12.2. The van der Waals surface area contributed by atoms with E-state index in [0.29, 0.717) is 12.8 Å². The van der Waals surface area contributed by atoms with Crippen LogP contribution in [0.5, 0.6) is 0 Å². The SMILES string of the molecule is CCCCCCCCCCC(C(=O)O)C(CCCCCCCCCC)(C(=O)O)S(=O)(=O)O.[KH]. The van der Waals surface area contributed by atoms with Crippen LogP contribution in [0.25, 0.3) is 0 Å². The Bertz CT molecular complexity index is 624. The van der Waals surface area contributed by atoms with Crippen LogP contribution in [-0.4, -0.2) is 91.3 Å². The summed E-state index contributed by atoms with van der Waals surface area (Å²) in [7, 11) is -5.11. The second kappa shape index (κ2) is 20.7. The Labute approximate surface area is 244 Å². The number of hydrogen-bond donors (Lipinski definition) is 3. The molecule has 33 heavy (non-hydrogen) atoms. The molecule has 0 saturated carbocycles. The molecule has 0 aliphatic carbocycles. The van der Waals surface area contributed by atoms with Gasteiger partial charge in [-0.3, -0.25) is 14.1 Å². The Morgan fingerprint density at radius 2 is 1.06 bits per heavy atom. The normalized spacial score (nSPS) is 14.3. The number of rotatable bonds is 22. The molecule has 9 heteroatoms. The van der Waals surface area contributed by atoms with Crippen LogP contribution in [-0.2, 0) is 19.7 Å². The van der Waals surface area contributed by atoms with Crippen molar-refractivity contribution >= 4 is 73.4 Å². The fraction of sp³-hybridized carbons (Fsp3) is 0.917. The molecule has 0 heterocycles. The van der Waals surface area contributed by atoms with Gasteiger partial charge in [0.15, 0.2) is 0 Å². The summed E-state index contributed by atoms with van der Waals surface area (Å²) in [6, 6.07) is 0. The van der Waals surface area contributed by atoms with Gasteiger partial charge in [0.1, 0.15) is 0 Å². The Hall–Kier alpha value is 0.486. The van der Waals surface area contributed by atoms with E-state index in [4.69, 9.17) is 0 Å². The zero-order valence-electron chi connectivity index (χ0n) is 20.2. The van der Waals surface area contributed by atoms with Gasteiger partial charge in [-0.15, -0.1) is 0 Å². The first-order chi connectivity index (χ1) is 15.1. The van der Waals surface area contributed by atoms with E-state index in [0.717, 1.165) is 70.6 Å². The van der Waals surface area contributed by atoms with Crippen molar-refractivity contribution in [2.45, 2.75) is 134 Å². The van der Waals surface area contributed by atoms with Crippen LogP contribution in [0.1, 0.15) is 129 Å². The summed E-state index contributed by atoms with van der Waals surface area (Å²) >= 11 is 0. The van der Waals surface area contributed by atoms with Crippen LogP contribution in [0, 0.1) is 5.92 Å². The number of hydrogen-bond acceptors (Lipinski definition) is 4. The molecule has 2 atom stereocenters. The molecule has 0 fully saturated rings. The second-order valence-electron chi connectivity index (χ2n) is 9.05. The Balaban J connectivity index is 0. The van der Waals surface area contributed by atoms with Crippen LogP contribution in [0.2, 0.25) is 0 Å². The van der Waals surface area contributed by atoms with Gasteiger partial charge in [-0.1, -0.05) is 117 Å². The van der Waals surface area contributed by atoms with Gasteiger partial charge < -0.3 is 10.2 Å². The molecule has 0 spiro atoms. The third kappa shape index (κ3) is 14.0. The predicted molar refractivity (Wildman–Crippen MR) is 135 cm³/mol. The Kier molecular flexibility index (Phi) is 22.3. The summed E-state index contributed by atoms with van der Waals surface area (Å²) in [5.41, 5.74) is 0. The average molecular weight is 519 g/mol. The summed E-state index contributed by atoms with van der Waals surface area (Å²) in [6.07, 6.45) is 14.4. The Morgan fingerprint density at radius 3 is 1.39 bits per heavy atom. The molecule has 0 aromatic heterocycles. The van der Waals surface area contributed by atoms with Crippen molar-refractivity contribution in [1.82, 2.24) is 0 Å². The van der Waals surface area contributed by atoms with E-state index >= 15 is 0 Å². The minimum absolute atomic E-state index is 0. The van der Waals surface area contributed by atoms with Crippen molar-refractivity contribution in [3.8, 4) is 0 Å². The van der Waals surface area contributed by atoms with E-state index in [1.54, 1.807) is 0 Å². The summed E-state index contributed by atoms with van der Waals surface area (Å²) < 4.78 is 31.6. The van der Waals surface area contributed by atoms with Gasteiger partial charge in [0.2, 0.25) is 4.75 Å². The van der Waals surface area contributed by atoms with Gasteiger partial charge in [-0.2, -0.15) is 8.42 Å². The summed E-state index contributed by atoms with van der Waals surface area (Å²) in [4.78, 5) is 24.0. The van der Waals surface area contributed by atoms with Crippen LogP contribution < -0.4 is 0 Å². The summed E-state index contributed by atoms with van der Waals surface area (Å²) in [5.74, 6) is -4.91. The van der Waals surface area contributed by atoms with E-state index in [1.807, 2.05) is 0 Å². The average Bonchev–Trinajstić information content (AvgIpc) is 2.71. The topological polar surface area (TPSA) is 129 Å². The molecule has 0 amide bonds. The van der Waals surface area contributed by atoms with Crippen molar-refractivity contribution in [2.24, 2.45) is 5.92 Å². The summed E-state index contributed by atoms with van der Waals surface area (Å²) in [5, 5.41) is 19.5. The van der Waals surface area contributed by atoms with Crippen molar-refractivity contribution in [1.29, 1.82) is 0 Å². The number of unbranched alkanes of at least 4 members (excludes halogenated alkanes) is 14. The van der Waals surface area contributed by atoms with E-state index in [1.165, 1.54) is 12.8 Å². The maximum absolute atomic E-state index is 12.2. The third-order valence-corrected chi connectivity index (χ3v) is 8.02. The van der Waals surface area contributed by atoms with Crippen LogP contribution >= 0.6 is 0 Å². The number of carboxylic acids is 2. The number of aliphatic carboxylic acids is 2. The zero-order chi connectivity index (χ0) is 24.5. The molecule has 0 aliphatic rings.